The Morgan fingerprint density at radius 2 is 2.00 bits per heavy atom. The van der Waals surface area contributed by atoms with E-state index < -0.39 is 0 Å². The van der Waals surface area contributed by atoms with Gasteiger partial charge in [0.25, 0.3) is 0 Å². The molecule has 0 aliphatic carbocycles. The van der Waals surface area contributed by atoms with Crippen molar-refractivity contribution in [3.8, 4) is 6.01 Å². The molecule has 5 nitrogen and oxygen atoms in total. The quantitative estimate of drug-likeness (QED) is 0.757. The largest absolute Gasteiger partial charge is 0.464 e. The van der Waals surface area contributed by atoms with Crippen LogP contribution in [0.4, 0.5) is 5.95 Å². The van der Waals surface area contributed by atoms with Crippen molar-refractivity contribution in [3.63, 3.8) is 0 Å². The van der Waals surface area contributed by atoms with E-state index in [9.17, 15) is 0 Å². The molecule has 0 radical (unpaired) electrons. The maximum absolute atomic E-state index is 5.33. The van der Waals surface area contributed by atoms with Gasteiger partial charge in [0.05, 0.1) is 6.61 Å². The molecule has 96 valence electrons. The van der Waals surface area contributed by atoms with Crippen molar-refractivity contribution < 1.29 is 4.74 Å². The van der Waals surface area contributed by atoms with Gasteiger partial charge in [-0.15, -0.1) is 0 Å². The van der Waals surface area contributed by atoms with Gasteiger partial charge in [0, 0.05) is 11.8 Å². The average Bonchev–Trinajstić information content (AvgIpc) is 2.29. The number of nitrogens with zero attached hydrogens (tertiary/aromatic N) is 3. The van der Waals surface area contributed by atoms with Gasteiger partial charge in [-0.05, 0) is 20.3 Å². The van der Waals surface area contributed by atoms with Crippen molar-refractivity contribution in [2.24, 2.45) is 0 Å². The first kappa shape index (κ1) is 14.0. The lowest BCUT2D eigenvalue weighted by Crippen LogP contribution is -2.08. The van der Waals surface area contributed by atoms with Gasteiger partial charge in [-0.3, -0.25) is 0 Å². The molecular weight excluding hydrogens is 236 g/mol. The van der Waals surface area contributed by atoms with E-state index in [0.29, 0.717) is 29.0 Å². The van der Waals surface area contributed by atoms with Crippen LogP contribution in [-0.2, 0) is 0 Å². The summed E-state index contributed by atoms with van der Waals surface area (Å²) in [6.45, 7) is 9.56. The first-order valence-corrected chi connectivity index (χ1v) is 6.86. The number of aromatic nitrogens is 3. The Hall–Kier alpha value is -1.04. The fourth-order valence-electron chi connectivity index (χ4n) is 1.08. The normalized spacial score (nSPS) is 12.2. The highest BCUT2D eigenvalue weighted by molar-refractivity contribution is 7.99. The summed E-state index contributed by atoms with van der Waals surface area (Å²) in [6, 6.07) is 0.393. The number of hydrogen-bond donors (Lipinski definition) is 1. The first-order valence-electron chi connectivity index (χ1n) is 5.98. The molecule has 1 atom stereocenters. The van der Waals surface area contributed by atoms with Crippen LogP contribution >= 0.6 is 11.8 Å². The highest BCUT2D eigenvalue weighted by Crippen LogP contribution is 2.23. The summed E-state index contributed by atoms with van der Waals surface area (Å²) in [5.74, 6) is 0.580. The molecule has 1 heterocycles. The fourth-order valence-corrected chi connectivity index (χ4v) is 1.88. The molecule has 1 rings (SSSR count). The Balaban J connectivity index is 2.86. The van der Waals surface area contributed by atoms with Crippen LogP contribution in [0.25, 0.3) is 0 Å². The zero-order valence-corrected chi connectivity index (χ0v) is 11.7. The highest BCUT2D eigenvalue weighted by atomic mass is 32.2. The summed E-state index contributed by atoms with van der Waals surface area (Å²) in [6.07, 6.45) is 1.08. The van der Waals surface area contributed by atoms with Crippen LogP contribution in [0.15, 0.2) is 5.16 Å². The minimum absolute atomic E-state index is 0.393. The Morgan fingerprint density at radius 1 is 1.24 bits per heavy atom. The van der Waals surface area contributed by atoms with Gasteiger partial charge in [0.1, 0.15) is 0 Å². The lowest BCUT2D eigenvalue weighted by molar-refractivity contribution is 0.308. The number of rotatable bonds is 7. The standard InChI is InChI=1S/C11H20N4OS/c1-5-8(4)17-11-14-9(12-6-2)13-10(15-11)16-7-3/h8H,5-7H2,1-4H3,(H,12,13,14,15). The molecule has 0 aromatic carbocycles. The van der Waals surface area contributed by atoms with Crippen molar-refractivity contribution in [2.45, 2.75) is 44.5 Å². The van der Waals surface area contributed by atoms with E-state index in [2.05, 4.69) is 34.1 Å². The van der Waals surface area contributed by atoms with Gasteiger partial charge >= 0.3 is 6.01 Å². The number of ether oxygens (including phenoxy) is 1. The first-order chi connectivity index (χ1) is 8.19. The molecule has 1 unspecified atom stereocenters. The second-order valence-electron chi connectivity index (χ2n) is 3.52. The zero-order chi connectivity index (χ0) is 12.7. The van der Waals surface area contributed by atoms with E-state index >= 15 is 0 Å². The predicted octanol–water partition coefficient (Wildman–Crippen LogP) is 2.59. The molecule has 1 aromatic rings. The van der Waals surface area contributed by atoms with Crippen LogP contribution in [-0.4, -0.2) is 33.4 Å². The van der Waals surface area contributed by atoms with Crippen molar-refractivity contribution in [3.05, 3.63) is 0 Å². The van der Waals surface area contributed by atoms with E-state index in [0.717, 1.165) is 13.0 Å². The predicted molar refractivity (Wildman–Crippen MR) is 70.8 cm³/mol. The van der Waals surface area contributed by atoms with Crippen molar-refractivity contribution in [2.75, 3.05) is 18.5 Å². The lowest BCUT2D eigenvalue weighted by atomic mass is 10.4. The van der Waals surface area contributed by atoms with Gasteiger partial charge < -0.3 is 10.1 Å². The van der Waals surface area contributed by atoms with Gasteiger partial charge in [0.2, 0.25) is 5.95 Å². The maximum Gasteiger partial charge on any atom is 0.322 e. The number of anilines is 1. The number of hydrogen-bond acceptors (Lipinski definition) is 6. The van der Waals surface area contributed by atoms with E-state index in [1.54, 1.807) is 11.8 Å². The molecule has 0 spiro atoms. The summed E-state index contributed by atoms with van der Waals surface area (Å²) < 4.78 is 5.33. The molecule has 0 fully saturated rings. The van der Waals surface area contributed by atoms with Gasteiger partial charge in [0.15, 0.2) is 5.16 Å². The molecule has 0 aliphatic heterocycles. The fraction of sp³-hybridized carbons (Fsp3) is 0.727. The van der Waals surface area contributed by atoms with Crippen molar-refractivity contribution in [1.82, 2.24) is 15.0 Å². The molecule has 17 heavy (non-hydrogen) atoms. The Morgan fingerprint density at radius 3 is 2.59 bits per heavy atom. The molecule has 1 aromatic heterocycles. The third-order valence-corrected chi connectivity index (χ3v) is 3.21. The third-order valence-electron chi connectivity index (χ3n) is 2.08. The molecule has 0 saturated carbocycles. The maximum atomic E-state index is 5.33. The summed E-state index contributed by atoms with van der Waals surface area (Å²) >= 11 is 1.64. The van der Waals surface area contributed by atoms with Crippen LogP contribution in [0.5, 0.6) is 6.01 Å². The van der Waals surface area contributed by atoms with Crippen LogP contribution in [0.2, 0.25) is 0 Å². The second-order valence-corrected chi connectivity index (χ2v) is 4.93. The highest BCUT2D eigenvalue weighted by Gasteiger charge is 2.10. The molecule has 6 heteroatoms. The number of thioether (sulfide) groups is 1. The summed E-state index contributed by atoms with van der Waals surface area (Å²) in [7, 11) is 0. The smallest absolute Gasteiger partial charge is 0.322 e. The van der Waals surface area contributed by atoms with Crippen LogP contribution < -0.4 is 10.1 Å². The Bertz CT molecular complexity index is 324. The Kier molecular flexibility index (Phi) is 6.04. The van der Waals surface area contributed by atoms with E-state index in [-0.39, 0.29) is 0 Å². The third kappa shape index (κ3) is 4.77. The van der Waals surface area contributed by atoms with Crippen LogP contribution in [0, 0.1) is 0 Å². The van der Waals surface area contributed by atoms with E-state index in [1.807, 2.05) is 13.8 Å². The van der Waals surface area contributed by atoms with Gasteiger partial charge in [-0.2, -0.15) is 15.0 Å². The van der Waals surface area contributed by atoms with Crippen LogP contribution in [0.3, 0.4) is 0 Å². The van der Waals surface area contributed by atoms with E-state index in [4.69, 9.17) is 4.74 Å². The molecule has 0 bridgehead atoms. The molecule has 1 N–H and O–H groups in total. The number of nitrogens with one attached hydrogen (secondary N) is 1. The topological polar surface area (TPSA) is 59.9 Å². The van der Waals surface area contributed by atoms with Crippen LogP contribution in [0.1, 0.15) is 34.1 Å². The SMILES string of the molecule is CCNc1nc(OCC)nc(SC(C)CC)n1. The molecular formula is C11H20N4OS. The van der Waals surface area contributed by atoms with Gasteiger partial charge in [-0.25, -0.2) is 0 Å². The minimum atomic E-state index is 0.393. The summed E-state index contributed by atoms with van der Waals surface area (Å²) in [5, 5.41) is 4.29. The van der Waals surface area contributed by atoms with E-state index in [1.165, 1.54) is 0 Å². The second kappa shape index (κ2) is 7.32. The summed E-state index contributed by atoms with van der Waals surface area (Å²) in [5.41, 5.74) is 0. The average molecular weight is 256 g/mol. The lowest BCUT2D eigenvalue weighted by Gasteiger charge is -2.09. The zero-order valence-electron chi connectivity index (χ0n) is 10.9. The Labute approximate surface area is 107 Å². The molecule has 0 saturated heterocycles. The molecule has 0 amide bonds. The monoisotopic (exact) mass is 256 g/mol. The van der Waals surface area contributed by atoms with Crippen molar-refractivity contribution in [1.29, 1.82) is 0 Å². The summed E-state index contributed by atoms with van der Waals surface area (Å²) in [4.78, 5) is 12.8. The minimum Gasteiger partial charge on any atom is -0.464 e. The van der Waals surface area contributed by atoms with Gasteiger partial charge in [-0.1, -0.05) is 25.6 Å². The molecule has 0 aliphatic rings. The van der Waals surface area contributed by atoms with Crippen molar-refractivity contribution >= 4 is 17.7 Å².